The molecular weight excluding hydrogens is 210 g/mol. The minimum atomic E-state index is 0.393. The van der Waals surface area contributed by atoms with E-state index in [1.54, 1.807) is 0 Å². The Bertz CT molecular complexity index is 221. The fraction of sp³-hybridized carbons (Fsp3) is 1.00. The molecule has 0 unspecified atom stereocenters. The number of hydrogen-bond donors (Lipinski definition) is 2. The predicted molar refractivity (Wildman–Crippen MR) is 72.0 cm³/mol. The van der Waals surface area contributed by atoms with Gasteiger partial charge in [0.25, 0.3) is 0 Å². The van der Waals surface area contributed by atoms with Crippen molar-refractivity contribution in [3.63, 3.8) is 0 Å². The fourth-order valence-electron chi connectivity index (χ4n) is 3.41. The highest BCUT2D eigenvalue weighted by Gasteiger charge is 2.29. The van der Waals surface area contributed by atoms with Gasteiger partial charge in [0.15, 0.2) is 0 Å². The molecular formula is C15H29NO. The van der Waals surface area contributed by atoms with Crippen LogP contribution in [0, 0.1) is 11.3 Å². The SMILES string of the molecule is CC1(C)CCC(NC2CCC(CO)CC2)CC1. The van der Waals surface area contributed by atoms with E-state index in [9.17, 15) is 0 Å². The molecule has 2 saturated carbocycles. The van der Waals surface area contributed by atoms with E-state index in [-0.39, 0.29) is 0 Å². The van der Waals surface area contributed by atoms with Crippen LogP contribution in [0.3, 0.4) is 0 Å². The Hall–Kier alpha value is -0.0800. The van der Waals surface area contributed by atoms with E-state index >= 15 is 0 Å². The van der Waals surface area contributed by atoms with Crippen molar-refractivity contribution in [3.8, 4) is 0 Å². The Morgan fingerprint density at radius 2 is 1.47 bits per heavy atom. The van der Waals surface area contributed by atoms with Crippen molar-refractivity contribution in [1.82, 2.24) is 5.32 Å². The van der Waals surface area contributed by atoms with Crippen molar-refractivity contribution in [2.24, 2.45) is 11.3 Å². The summed E-state index contributed by atoms with van der Waals surface area (Å²) in [5.74, 6) is 0.582. The molecule has 0 aromatic heterocycles. The van der Waals surface area contributed by atoms with Crippen LogP contribution in [0.25, 0.3) is 0 Å². The second-order valence-corrected chi connectivity index (χ2v) is 7.01. The maximum Gasteiger partial charge on any atom is 0.0459 e. The zero-order valence-corrected chi connectivity index (χ0v) is 11.5. The van der Waals surface area contributed by atoms with E-state index in [1.165, 1.54) is 51.4 Å². The quantitative estimate of drug-likeness (QED) is 0.793. The van der Waals surface area contributed by atoms with Gasteiger partial charge in [-0.15, -0.1) is 0 Å². The summed E-state index contributed by atoms with van der Waals surface area (Å²) < 4.78 is 0. The molecule has 100 valence electrons. The molecule has 0 aromatic rings. The van der Waals surface area contributed by atoms with E-state index < -0.39 is 0 Å². The molecule has 0 atom stereocenters. The van der Waals surface area contributed by atoms with Crippen molar-refractivity contribution in [3.05, 3.63) is 0 Å². The summed E-state index contributed by atoms with van der Waals surface area (Å²) in [6, 6.07) is 1.49. The second kappa shape index (κ2) is 5.71. The standard InChI is InChI=1S/C15H29NO/c1-15(2)9-7-14(8-10-15)16-13-5-3-12(11-17)4-6-13/h12-14,16-17H,3-11H2,1-2H3. The van der Waals surface area contributed by atoms with Crippen LogP contribution < -0.4 is 5.32 Å². The Balaban J connectivity index is 1.69. The summed E-state index contributed by atoms with van der Waals surface area (Å²) in [5, 5.41) is 13.0. The third-order valence-electron chi connectivity index (χ3n) is 4.92. The van der Waals surface area contributed by atoms with Crippen molar-refractivity contribution in [2.75, 3.05) is 6.61 Å². The van der Waals surface area contributed by atoms with Crippen LogP contribution in [0.4, 0.5) is 0 Å². The maximum absolute atomic E-state index is 9.14. The van der Waals surface area contributed by atoms with Crippen LogP contribution >= 0.6 is 0 Å². The number of nitrogens with one attached hydrogen (secondary N) is 1. The maximum atomic E-state index is 9.14. The third-order valence-corrected chi connectivity index (χ3v) is 4.92. The smallest absolute Gasteiger partial charge is 0.0459 e. The molecule has 0 aliphatic heterocycles. The van der Waals surface area contributed by atoms with Crippen LogP contribution in [0.1, 0.15) is 65.2 Å². The lowest BCUT2D eigenvalue weighted by molar-refractivity contribution is 0.155. The number of rotatable bonds is 3. The van der Waals surface area contributed by atoms with Crippen LogP contribution in [0.2, 0.25) is 0 Å². The third kappa shape index (κ3) is 3.96. The second-order valence-electron chi connectivity index (χ2n) is 7.01. The Labute approximate surface area is 106 Å². The average Bonchev–Trinajstić information content (AvgIpc) is 2.33. The molecule has 0 spiro atoms. The molecule has 2 nitrogen and oxygen atoms in total. The normalized spacial score (nSPS) is 34.8. The van der Waals surface area contributed by atoms with Crippen molar-refractivity contribution < 1.29 is 5.11 Å². The van der Waals surface area contributed by atoms with Gasteiger partial charge in [-0.1, -0.05) is 13.8 Å². The molecule has 2 aliphatic carbocycles. The van der Waals surface area contributed by atoms with Crippen molar-refractivity contribution in [1.29, 1.82) is 0 Å². The number of aliphatic hydroxyl groups excluding tert-OH is 1. The largest absolute Gasteiger partial charge is 0.396 e. The minimum Gasteiger partial charge on any atom is -0.396 e. The highest BCUT2D eigenvalue weighted by atomic mass is 16.3. The first kappa shape index (κ1) is 13.4. The zero-order chi connectivity index (χ0) is 12.3. The highest BCUT2D eigenvalue weighted by Crippen LogP contribution is 2.35. The molecule has 0 amide bonds. The van der Waals surface area contributed by atoms with Gasteiger partial charge in [-0.25, -0.2) is 0 Å². The van der Waals surface area contributed by atoms with Crippen molar-refractivity contribution in [2.45, 2.75) is 77.3 Å². The van der Waals surface area contributed by atoms with Gasteiger partial charge in [0.1, 0.15) is 0 Å². The molecule has 2 aliphatic rings. The van der Waals surface area contributed by atoms with E-state index in [1.807, 2.05) is 0 Å². The summed E-state index contributed by atoms with van der Waals surface area (Å²) in [6.07, 6.45) is 10.4. The zero-order valence-electron chi connectivity index (χ0n) is 11.5. The number of aliphatic hydroxyl groups is 1. The topological polar surface area (TPSA) is 32.3 Å². The first-order chi connectivity index (χ1) is 8.09. The van der Waals surface area contributed by atoms with Crippen LogP contribution in [0.5, 0.6) is 0 Å². The molecule has 2 rings (SSSR count). The van der Waals surface area contributed by atoms with E-state index in [4.69, 9.17) is 5.11 Å². The molecule has 0 aromatic carbocycles. The van der Waals surface area contributed by atoms with E-state index in [2.05, 4.69) is 19.2 Å². The van der Waals surface area contributed by atoms with Crippen LogP contribution in [0.15, 0.2) is 0 Å². The lowest BCUT2D eigenvalue weighted by Gasteiger charge is -2.38. The molecule has 0 heterocycles. The van der Waals surface area contributed by atoms with Gasteiger partial charge in [-0.2, -0.15) is 0 Å². The molecule has 0 radical (unpaired) electrons. The van der Waals surface area contributed by atoms with Gasteiger partial charge < -0.3 is 10.4 Å². The van der Waals surface area contributed by atoms with Gasteiger partial charge in [-0.05, 0) is 62.7 Å². The van der Waals surface area contributed by atoms with E-state index in [0.29, 0.717) is 17.9 Å². The minimum absolute atomic E-state index is 0.393. The summed E-state index contributed by atoms with van der Waals surface area (Å²) in [4.78, 5) is 0. The summed E-state index contributed by atoms with van der Waals surface area (Å²) in [5.41, 5.74) is 0.576. The van der Waals surface area contributed by atoms with Crippen LogP contribution in [-0.2, 0) is 0 Å². The van der Waals surface area contributed by atoms with Crippen LogP contribution in [-0.4, -0.2) is 23.8 Å². The molecule has 2 heteroatoms. The molecule has 17 heavy (non-hydrogen) atoms. The van der Waals surface area contributed by atoms with Crippen molar-refractivity contribution >= 4 is 0 Å². The highest BCUT2D eigenvalue weighted by molar-refractivity contribution is 4.86. The molecule has 0 bridgehead atoms. The lowest BCUT2D eigenvalue weighted by atomic mass is 9.75. The van der Waals surface area contributed by atoms with Gasteiger partial charge in [0.05, 0.1) is 0 Å². The molecule has 2 fully saturated rings. The number of hydrogen-bond acceptors (Lipinski definition) is 2. The van der Waals surface area contributed by atoms with E-state index in [0.717, 1.165) is 12.1 Å². The Morgan fingerprint density at radius 3 is 2.00 bits per heavy atom. The Morgan fingerprint density at radius 1 is 0.941 bits per heavy atom. The lowest BCUT2D eigenvalue weighted by Crippen LogP contribution is -2.43. The monoisotopic (exact) mass is 239 g/mol. The summed E-state index contributed by atoms with van der Waals surface area (Å²) in [6.45, 7) is 5.19. The first-order valence-electron chi connectivity index (χ1n) is 7.46. The summed E-state index contributed by atoms with van der Waals surface area (Å²) in [7, 11) is 0. The van der Waals surface area contributed by atoms with Gasteiger partial charge >= 0.3 is 0 Å². The average molecular weight is 239 g/mol. The predicted octanol–water partition coefficient (Wildman–Crippen LogP) is 3.10. The molecule has 2 N–H and O–H groups in total. The Kier molecular flexibility index (Phi) is 4.48. The fourth-order valence-corrected chi connectivity index (χ4v) is 3.41. The molecule has 0 saturated heterocycles. The van der Waals surface area contributed by atoms with Gasteiger partial charge in [-0.3, -0.25) is 0 Å². The summed E-state index contributed by atoms with van der Waals surface area (Å²) >= 11 is 0. The first-order valence-corrected chi connectivity index (χ1v) is 7.46. The van der Waals surface area contributed by atoms with Gasteiger partial charge in [0.2, 0.25) is 0 Å². The van der Waals surface area contributed by atoms with Gasteiger partial charge in [0, 0.05) is 18.7 Å².